The van der Waals surface area contributed by atoms with Gasteiger partial charge in [0.15, 0.2) is 11.5 Å². The average Bonchev–Trinajstić information content (AvgIpc) is 2.76. The standard InChI is InChI=1S/C22H25NO7S/c1-5-29-22(24)15-12-18-17(10-11-20(27-3)21(18)28-4)19(13-15)23-30-31(25,26)16-8-6-14(2)7-9-16/h6-11,15H,5,12-13H2,1-4H3/b23-19+/t15-/m0/s1. The number of hydrogen-bond donors (Lipinski definition) is 0. The van der Waals surface area contributed by atoms with E-state index < -0.39 is 22.0 Å². The van der Waals surface area contributed by atoms with Crippen LogP contribution in [0.4, 0.5) is 0 Å². The monoisotopic (exact) mass is 447 g/mol. The highest BCUT2D eigenvalue weighted by atomic mass is 32.2. The van der Waals surface area contributed by atoms with Crippen LogP contribution in [0.3, 0.4) is 0 Å². The maximum Gasteiger partial charge on any atom is 0.358 e. The van der Waals surface area contributed by atoms with Crippen LogP contribution in [0.2, 0.25) is 0 Å². The Morgan fingerprint density at radius 2 is 1.77 bits per heavy atom. The number of rotatable bonds is 7. The van der Waals surface area contributed by atoms with Gasteiger partial charge >= 0.3 is 16.1 Å². The highest BCUT2D eigenvalue weighted by Gasteiger charge is 2.33. The number of methoxy groups -OCH3 is 2. The van der Waals surface area contributed by atoms with E-state index in [0.717, 1.165) is 5.56 Å². The molecule has 0 aliphatic heterocycles. The van der Waals surface area contributed by atoms with Crippen LogP contribution in [-0.2, 0) is 30.4 Å². The Morgan fingerprint density at radius 1 is 1.06 bits per heavy atom. The Balaban J connectivity index is 2.02. The van der Waals surface area contributed by atoms with E-state index in [-0.39, 0.29) is 17.9 Å². The number of carbonyl (C=O) groups is 1. The van der Waals surface area contributed by atoms with Gasteiger partial charge in [-0.1, -0.05) is 22.9 Å². The highest BCUT2D eigenvalue weighted by molar-refractivity contribution is 7.86. The molecule has 9 heteroatoms. The summed E-state index contributed by atoms with van der Waals surface area (Å²) in [5.74, 6) is 0.00592. The quantitative estimate of drug-likeness (QED) is 0.474. The number of nitrogens with zero attached hydrogens (tertiary/aromatic N) is 1. The molecule has 0 saturated heterocycles. The molecule has 1 aliphatic carbocycles. The fraction of sp³-hybridized carbons (Fsp3) is 0.364. The van der Waals surface area contributed by atoms with Gasteiger partial charge in [0.1, 0.15) is 4.90 Å². The molecule has 0 spiro atoms. The number of esters is 1. The van der Waals surface area contributed by atoms with Crippen LogP contribution in [0, 0.1) is 12.8 Å². The minimum atomic E-state index is -4.12. The van der Waals surface area contributed by atoms with E-state index in [2.05, 4.69) is 5.16 Å². The average molecular weight is 448 g/mol. The number of benzene rings is 2. The minimum Gasteiger partial charge on any atom is -0.493 e. The first-order chi connectivity index (χ1) is 14.8. The third-order valence-electron chi connectivity index (χ3n) is 5.02. The van der Waals surface area contributed by atoms with E-state index in [1.807, 2.05) is 6.92 Å². The molecule has 0 N–H and O–H groups in total. The Kier molecular flexibility index (Phi) is 6.84. The Hall–Kier alpha value is -3.07. The van der Waals surface area contributed by atoms with Gasteiger partial charge in [-0.2, -0.15) is 8.42 Å². The molecule has 8 nitrogen and oxygen atoms in total. The van der Waals surface area contributed by atoms with Crippen molar-refractivity contribution in [1.82, 2.24) is 0 Å². The summed E-state index contributed by atoms with van der Waals surface area (Å²) in [6.07, 6.45) is 0.517. The molecule has 3 rings (SSSR count). The number of oxime groups is 1. The topological polar surface area (TPSA) is 100 Å². The fourth-order valence-corrected chi connectivity index (χ4v) is 4.22. The van der Waals surface area contributed by atoms with Crippen LogP contribution in [0.1, 0.15) is 30.0 Å². The molecule has 1 aliphatic rings. The maximum absolute atomic E-state index is 12.6. The predicted octanol–water partition coefficient (Wildman–Crippen LogP) is 3.25. The van der Waals surface area contributed by atoms with E-state index in [1.54, 1.807) is 31.2 Å². The van der Waals surface area contributed by atoms with Gasteiger partial charge < -0.3 is 14.2 Å². The second kappa shape index (κ2) is 9.38. The molecule has 0 saturated carbocycles. The van der Waals surface area contributed by atoms with Crippen molar-refractivity contribution in [3.05, 3.63) is 53.1 Å². The van der Waals surface area contributed by atoms with Crippen molar-refractivity contribution in [2.24, 2.45) is 11.1 Å². The smallest absolute Gasteiger partial charge is 0.358 e. The molecule has 1 atom stereocenters. The molecular weight excluding hydrogens is 422 g/mol. The van der Waals surface area contributed by atoms with Crippen molar-refractivity contribution in [2.75, 3.05) is 20.8 Å². The number of ether oxygens (including phenoxy) is 3. The van der Waals surface area contributed by atoms with E-state index in [9.17, 15) is 13.2 Å². The van der Waals surface area contributed by atoms with Gasteiger partial charge in [-0.25, -0.2) is 0 Å². The van der Waals surface area contributed by atoms with Crippen LogP contribution in [0.5, 0.6) is 11.5 Å². The van der Waals surface area contributed by atoms with E-state index in [4.69, 9.17) is 18.5 Å². The van der Waals surface area contributed by atoms with Crippen molar-refractivity contribution in [3.8, 4) is 11.5 Å². The van der Waals surface area contributed by atoms with Crippen molar-refractivity contribution in [2.45, 2.75) is 31.6 Å². The second-order valence-electron chi connectivity index (χ2n) is 7.06. The molecule has 0 unspecified atom stereocenters. The molecule has 2 aromatic carbocycles. The van der Waals surface area contributed by atoms with Crippen molar-refractivity contribution >= 4 is 21.8 Å². The van der Waals surface area contributed by atoms with Gasteiger partial charge in [-0.3, -0.25) is 9.08 Å². The van der Waals surface area contributed by atoms with Gasteiger partial charge in [0.05, 0.1) is 32.5 Å². The first-order valence-corrected chi connectivity index (χ1v) is 11.2. The first kappa shape index (κ1) is 22.6. The van der Waals surface area contributed by atoms with Gasteiger partial charge in [-0.05, 0) is 44.5 Å². The van der Waals surface area contributed by atoms with Crippen LogP contribution in [0.15, 0.2) is 46.4 Å². The molecule has 0 bridgehead atoms. The van der Waals surface area contributed by atoms with Crippen LogP contribution >= 0.6 is 0 Å². The zero-order valence-corrected chi connectivity index (χ0v) is 18.7. The summed E-state index contributed by atoms with van der Waals surface area (Å²) < 4.78 is 46.2. The van der Waals surface area contributed by atoms with Crippen molar-refractivity contribution < 1.29 is 31.7 Å². The molecule has 0 amide bonds. The molecule has 0 aromatic heterocycles. The number of hydrogen-bond acceptors (Lipinski definition) is 8. The Morgan fingerprint density at radius 3 is 2.39 bits per heavy atom. The Labute approximate surface area is 181 Å². The van der Waals surface area contributed by atoms with E-state index in [1.165, 1.54) is 26.4 Å². The third kappa shape index (κ3) is 4.82. The largest absolute Gasteiger partial charge is 0.493 e. The number of carbonyl (C=O) groups excluding carboxylic acids is 1. The third-order valence-corrected chi connectivity index (χ3v) is 6.15. The molecule has 31 heavy (non-hydrogen) atoms. The lowest BCUT2D eigenvalue weighted by Crippen LogP contribution is -2.29. The van der Waals surface area contributed by atoms with Crippen LogP contribution in [-0.4, -0.2) is 40.9 Å². The maximum atomic E-state index is 12.6. The molecule has 166 valence electrons. The summed E-state index contributed by atoms with van der Waals surface area (Å²) in [6.45, 7) is 3.82. The lowest BCUT2D eigenvalue weighted by Gasteiger charge is -2.26. The molecule has 2 aromatic rings. The Bertz CT molecular complexity index is 1090. The zero-order valence-electron chi connectivity index (χ0n) is 17.9. The molecule has 0 heterocycles. The lowest BCUT2D eigenvalue weighted by molar-refractivity contribution is -0.147. The van der Waals surface area contributed by atoms with Crippen molar-refractivity contribution in [3.63, 3.8) is 0 Å². The predicted molar refractivity (Wildman–Crippen MR) is 114 cm³/mol. The first-order valence-electron chi connectivity index (χ1n) is 9.78. The van der Waals surface area contributed by atoms with Crippen LogP contribution in [0.25, 0.3) is 0 Å². The summed E-state index contributed by atoms with van der Waals surface area (Å²) in [7, 11) is -1.10. The summed E-state index contributed by atoms with van der Waals surface area (Å²) in [5.41, 5.74) is 2.55. The molecular formula is C22H25NO7S. The van der Waals surface area contributed by atoms with Crippen LogP contribution < -0.4 is 9.47 Å². The summed E-state index contributed by atoms with van der Waals surface area (Å²) in [5, 5.41) is 3.94. The zero-order chi connectivity index (χ0) is 22.6. The molecule has 0 fully saturated rings. The summed E-state index contributed by atoms with van der Waals surface area (Å²) in [6, 6.07) is 9.70. The summed E-state index contributed by atoms with van der Waals surface area (Å²) >= 11 is 0. The lowest BCUT2D eigenvalue weighted by atomic mass is 9.82. The number of aryl methyl sites for hydroxylation is 1. The fourth-order valence-electron chi connectivity index (χ4n) is 3.48. The van der Waals surface area contributed by atoms with Gasteiger partial charge in [0.25, 0.3) is 0 Å². The highest BCUT2D eigenvalue weighted by Crippen LogP contribution is 2.39. The molecule has 0 radical (unpaired) electrons. The SMILES string of the molecule is CCOC(=O)[C@@H]1C/C(=N\OS(=O)(=O)c2ccc(C)cc2)c2ccc(OC)c(OC)c2C1. The minimum absolute atomic E-state index is 0.00672. The van der Waals surface area contributed by atoms with Gasteiger partial charge in [0, 0.05) is 17.5 Å². The second-order valence-corrected chi connectivity index (χ2v) is 8.59. The number of fused-ring (bicyclic) bond motifs is 1. The van der Waals surface area contributed by atoms with Crippen molar-refractivity contribution in [1.29, 1.82) is 0 Å². The normalized spacial score (nSPS) is 17.0. The van der Waals surface area contributed by atoms with Gasteiger partial charge in [0.2, 0.25) is 0 Å². The van der Waals surface area contributed by atoms with E-state index >= 15 is 0 Å². The summed E-state index contributed by atoms with van der Waals surface area (Å²) in [4.78, 5) is 12.4. The van der Waals surface area contributed by atoms with E-state index in [0.29, 0.717) is 34.8 Å². The van der Waals surface area contributed by atoms with Gasteiger partial charge in [-0.15, -0.1) is 0 Å².